The zero-order valence-electron chi connectivity index (χ0n) is 10.9. The van der Waals surface area contributed by atoms with E-state index in [1.54, 1.807) is 6.07 Å². The number of thiophene rings is 1. The van der Waals surface area contributed by atoms with Crippen LogP contribution < -0.4 is 11.1 Å². The molecule has 1 fully saturated rings. The van der Waals surface area contributed by atoms with Gasteiger partial charge in [0.05, 0.1) is 4.88 Å². The molecule has 1 aromatic heterocycles. The van der Waals surface area contributed by atoms with Gasteiger partial charge in [-0.3, -0.25) is 9.59 Å². The lowest BCUT2D eigenvalue weighted by atomic mass is 9.95. The molecule has 0 saturated heterocycles. The maximum absolute atomic E-state index is 12.0. The minimum atomic E-state index is -0.789. The first kappa shape index (κ1) is 13.1. The van der Waals surface area contributed by atoms with Crippen molar-refractivity contribution < 1.29 is 9.59 Å². The SMILES string of the molecule is CC(C)(C)c1ccc(C(=O)NC2(C(N)=O)CC2)s1. The van der Waals surface area contributed by atoms with Crippen LogP contribution in [0.4, 0.5) is 0 Å². The van der Waals surface area contributed by atoms with E-state index in [-0.39, 0.29) is 11.3 Å². The van der Waals surface area contributed by atoms with Gasteiger partial charge < -0.3 is 11.1 Å². The summed E-state index contributed by atoms with van der Waals surface area (Å²) in [4.78, 5) is 25.0. The second-order valence-electron chi connectivity index (χ2n) is 5.81. The highest BCUT2D eigenvalue weighted by atomic mass is 32.1. The molecule has 0 bridgehead atoms. The Morgan fingerprint density at radius 2 is 1.94 bits per heavy atom. The summed E-state index contributed by atoms with van der Waals surface area (Å²) in [5, 5.41) is 2.74. The molecule has 1 saturated carbocycles. The van der Waals surface area contributed by atoms with Gasteiger partial charge in [-0.25, -0.2) is 0 Å². The molecule has 0 spiro atoms. The standard InChI is InChI=1S/C13H18N2O2S/c1-12(2,3)9-5-4-8(18-9)10(16)15-13(6-7-13)11(14)17/h4-5H,6-7H2,1-3H3,(H2,14,17)(H,15,16). The van der Waals surface area contributed by atoms with Gasteiger partial charge in [-0.1, -0.05) is 20.8 Å². The number of rotatable bonds is 3. The predicted molar refractivity (Wildman–Crippen MR) is 71.6 cm³/mol. The summed E-state index contributed by atoms with van der Waals surface area (Å²) in [6, 6.07) is 3.76. The van der Waals surface area contributed by atoms with Crippen LogP contribution in [-0.4, -0.2) is 17.4 Å². The molecule has 0 aromatic carbocycles. The van der Waals surface area contributed by atoms with Crippen molar-refractivity contribution in [2.45, 2.75) is 44.6 Å². The van der Waals surface area contributed by atoms with E-state index in [9.17, 15) is 9.59 Å². The monoisotopic (exact) mass is 266 g/mol. The molecular weight excluding hydrogens is 248 g/mol. The van der Waals surface area contributed by atoms with Gasteiger partial charge in [0.15, 0.2) is 0 Å². The third-order valence-corrected chi connectivity index (χ3v) is 4.65. The minimum Gasteiger partial charge on any atom is -0.368 e. The third kappa shape index (κ3) is 2.41. The molecule has 1 aliphatic carbocycles. The van der Waals surface area contributed by atoms with E-state index < -0.39 is 11.4 Å². The van der Waals surface area contributed by atoms with Gasteiger partial charge in [-0.2, -0.15) is 0 Å². The Labute approximate surface area is 111 Å². The van der Waals surface area contributed by atoms with E-state index in [0.29, 0.717) is 17.7 Å². The van der Waals surface area contributed by atoms with Gasteiger partial charge >= 0.3 is 0 Å². The lowest BCUT2D eigenvalue weighted by Crippen LogP contribution is -2.46. The molecule has 0 unspecified atom stereocenters. The van der Waals surface area contributed by atoms with Crippen molar-refractivity contribution in [3.63, 3.8) is 0 Å². The number of nitrogens with one attached hydrogen (secondary N) is 1. The van der Waals surface area contributed by atoms with Gasteiger partial charge in [0.25, 0.3) is 5.91 Å². The number of amides is 2. The lowest BCUT2D eigenvalue weighted by Gasteiger charge is -2.15. The molecule has 1 aliphatic rings. The summed E-state index contributed by atoms with van der Waals surface area (Å²) in [6.45, 7) is 6.31. The van der Waals surface area contributed by atoms with E-state index >= 15 is 0 Å². The quantitative estimate of drug-likeness (QED) is 0.875. The largest absolute Gasteiger partial charge is 0.368 e. The molecule has 3 N–H and O–H groups in total. The Morgan fingerprint density at radius 3 is 2.33 bits per heavy atom. The van der Waals surface area contributed by atoms with Crippen molar-refractivity contribution in [1.82, 2.24) is 5.32 Å². The van der Waals surface area contributed by atoms with E-state index in [2.05, 4.69) is 26.1 Å². The maximum Gasteiger partial charge on any atom is 0.262 e. The molecule has 0 atom stereocenters. The van der Waals surface area contributed by atoms with E-state index in [1.807, 2.05) is 6.07 Å². The average molecular weight is 266 g/mol. The highest BCUT2D eigenvalue weighted by Crippen LogP contribution is 2.36. The molecule has 4 nitrogen and oxygen atoms in total. The van der Waals surface area contributed by atoms with Crippen LogP contribution in [0.5, 0.6) is 0 Å². The van der Waals surface area contributed by atoms with Crippen LogP contribution in [-0.2, 0) is 10.2 Å². The zero-order valence-corrected chi connectivity index (χ0v) is 11.7. The predicted octanol–water partition coefficient (Wildman–Crippen LogP) is 1.79. The molecule has 1 aromatic rings. The Bertz CT molecular complexity index is 495. The number of hydrogen-bond donors (Lipinski definition) is 2. The maximum atomic E-state index is 12.0. The van der Waals surface area contributed by atoms with Crippen molar-refractivity contribution in [3.05, 3.63) is 21.9 Å². The first-order valence-electron chi connectivity index (χ1n) is 5.97. The van der Waals surface area contributed by atoms with Crippen LogP contribution in [0, 0.1) is 0 Å². The highest BCUT2D eigenvalue weighted by molar-refractivity contribution is 7.14. The lowest BCUT2D eigenvalue weighted by molar-refractivity contribution is -0.120. The van der Waals surface area contributed by atoms with Gasteiger partial charge in [-0.15, -0.1) is 11.3 Å². The van der Waals surface area contributed by atoms with Crippen LogP contribution >= 0.6 is 11.3 Å². The fourth-order valence-corrected chi connectivity index (χ4v) is 2.66. The fraction of sp³-hybridized carbons (Fsp3) is 0.538. The Balaban J connectivity index is 2.11. The second-order valence-corrected chi connectivity index (χ2v) is 6.90. The van der Waals surface area contributed by atoms with Crippen LogP contribution in [0.25, 0.3) is 0 Å². The van der Waals surface area contributed by atoms with Crippen molar-refractivity contribution in [2.75, 3.05) is 0 Å². The smallest absolute Gasteiger partial charge is 0.262 e. The second kappa shape index (κ2) is 4.09. The van der Waals surface area contributed by atoms with Gasteiger partial charge in [-0.05, 0) is 30.4 Å². The van der Waals surface area contributed by atoms with Crippen LogP contribution in [0.2, 0.25) is 0 Å². The van der Waals surface area contributed by atoms with Crippen LogP contribution in [0.3, 0.4) is 0 Å². The summed E-state index contributed by atoms with van der Waals surface area (Å²) in [5.74, 6) is -0.643. The first-order chi connectivity index (χ1) is 8.24. The summed E-state index contributed by atoms with van der Waals surface area (Å²) < 4.78 is 0. The van der Waals surface area contributed by atoms with Gasteiger partial charge in [0.1, 0.15) is 5.54 Å². The molecule has 1 heterocycles. The molecule has 0 radical (unpaired) electrons. The highest BCUT2D eigenvalue weighted by Gasteiger charge is 2.50. The van der Waals surface area contributed by atoms with E-state index in [4.69, 9.17) is 5.73 Å². The Kier molecular flexibility index (Phi) is 2.97. The molecule has 2 rings (SSSR count). The van der Waals surface area contributed by atoms with Crippen LogP contribution in [0.15, 0.2) is 12.1 Å². The number of carbonyl (C=O) groups is 2. The molecule has 18 heavy (non-hydrogen) atoms. The van der Waals surface area contributed by atoms with Gasteiger partial charge in [0, 0.05) is 4.88 Å². The number of carbonyl (C=O) groups excluding carboxylic acids is 2. The van der Waals surface area contributed by atoms with Gasteiger partial charge in [0.2, 0.25) is 5.91 Å². The molecule has 98 valence electrons. The molecule has 2 amide bonds. The van der Waals surface area contributed by atoms with E-state index in [0.717, 1.165) is 4.88 Å². The Hall–Kier alpha value is -1.36. The molecular formula is C13H18N2O2S. The summed E-state index contributed by atoms with van der Waals surface area (Å²) in [6.07, 6.45) is 1.29. The molecule has 5 heteroatoms. The summed E-state index contributed by atoms with van der Waals surface area (Å²) in [5.41, 5.74) is 4.53. The minimum absolute atomic E-state index is 0.0319. The number of nitrogens with two attached hydrogens (primary N) is 1. The first-order valence-corrected chi connectivity index (χ1v) is 6.79. The Morgan fingerprint density at radius 1 is 1.33 bits per heavy atom. The zero-order chi connectivity index (χ0) is 13.6. The summed E-state index contributed by atoms with van der Waals surface area (Å²) >= 11 is 1.46. The average Bonchev–Trinajstić information content (AvgIpc) is 2.85. The van der Waals surface area contributed by atoms with Crippen molar-refractivity contribution in [3.8, 4) is 0 Å². The molecule has 0 aliphatic heterocycles. The normalized spacial score (nSPS) is 17.3. The number of hydrogen-bond acceptors (Lipinski definition) is 3. The van der Waals surface area contributed by atoms with Crippen molar-refractivity contribution in [2.24, 2.45) is 5.73 Å². The number of primary amides is 1. The topological polar surface area (TPSA) is 72.2 Å². The van der Waals surface area contributed by atoms with E-state index in [1.165, 1.54) is 11.3 Å². The van der Waals surface area contributed by atoms with Crippen molar-refractivity contribution in [1.29, 1.82) is 0 Å². The summed E-state index contributed by atoms with van der Waals surface area (Å²) in [7, 11) is 0. The third-order valence-electron chi connectivity index (χ3n) is 3.14. The van der Waals surface area contributed by atoms with Crippen LogP contribution in [0.1, 0.15) is 48.2 Å². The van der Waals surface area contributed by atoms with Crippen molar-refractivity contribution >= 4 is 23.2 Å². The fourth-order valence-electron chi connectivity index (χ4n) is 1.70.